The van der Waals surface area contributed by atoms with Crippen molar-refractivity contribution >= 4 is 27.6 Å². The van der Waals surface area contributed by atoms with Gasteiger partial charge in [-0.1, -0.05) is 6.07 Å². The third kappa shape index (κ3) is 3.61. The first-order chi connectivity index (χ1) is 13.9. The smallest absolute Gasteiger partial charge is 0.339 e. The Kier molecular flexibility index (Phi) is 5.46. The summed E-state index contributed by atoms with van der Waals surface area (Å²) in [4.78, 5) is 15.8. The standard InChI is InChI=1S/C17H18N4O7S/c1-25-11-7-5-6-10(16(22)28-4)14(11)29(23,24)20-17-18-15-12(26-2)8-9-13(27-3)21(15)19-17/h5-9H,1-4H3,(H,19,20). The third-order valence-corrected chi connectivity index (χ3v) is 5.35. The first-order valence-corrected chi connectivity index (χ1v) is 9.60. The van der Waals surface area contributed by atoms with Crippen molar-refractivity contribution in [3.63, 3.8) is 0 Å². The minimum atomic E-state index is -4.32. The van der Waals surface area contributed by atoms with E-state index in [1.807, 2.05) is 0 Å². The Morgan fingerprint density at radius 1 is 1.00 bits per heavy atom. The Hall–Kier alpha value is -3.54. The van der Waals surface area contributed by atoms with Crippen LogP contribution in [0.3, 0.4) is 0 Å². The van der Waals surface area contributed by atoms with Crippen LogP contribution in [0, 0.1) is 0 Å². The minimum absolute atomic E-state index is 0.0423. The Morgan fingerprint density at radius 3 is 2.34 bits per heavy atom. The quantitative estimate of drug-likeness (QED) is 0.561. The van der Waals surface area contributed by atoms with Crippen molar-refractivity contribution in [1.82, 2.24) is 14.6 Å². The highest BCUT2D eigenvalue weighted by Gasteiger charge is 2.29. The van der Waals surface area contributed by atoms with Crippen LogP contribution >= 0.6 is 0 Å². The molecule has 0 saturated carbocycles. The van der Waals surface area contributed by atoms with Crippen molar-refractivity contribution < 1.29 is 32.2 Å². The lowest BCUT2D eigenvalue weighted by Gasteiger charge is -2.13. The van der Waals surface area contributed by atoms with Gasteiger partial charge in [-0.3, -0.25) is 0 Å². The third-order valence-electron chi connectivity index (χ3n) is 3.94. The molecule has 0 aliphatic carbocycles. The van der Waals surface area contributed by atoms with E-state index in [9.17, 15) is 13.2 Å². The number of hydrogen-bond donors (Lipinski definition) is 1. The maximum atomic E-state index is 13.1. The number of carbonyl (C=O) groups is 1. The maximum Gasteiger partial charge on any atom is 0.339 e. The van der Waals surface area contributed by atoms with E-state index < -0.39 is 20.9 Å². The van der Waals surface area contributed by atoms with E-state index in [1.54, 1.807) is 12.1 Å². The SMILES string of the molecule is COC(=O)c1cccc(OC)c1S(=O)(=O)Nc1nc2c(OC)ccc(OC)n2n1. The van der Waals surface area contributed by atoms with Gasteiger partial charge in [-0.15, -0.1) is 5.10 Å². The topological polar surface area (TPSA) is 130 Å². The molecule has 0 radical (unpaired) electrons. The molecule has 0 amide bonds. The average molecular weight is 422 g/mol. The van der Waals surface area contributed by atoms with E-state index in [4.69, 9.17) is 14.2 Å². The van der Waals surface area contributed by atoms with Crippen LogP contribution in [0.15, 0.2) is 35.2 Å². The predicted octanol–water partition coefficient (Wildman–Crippen LogP) is 1.34. The van der Waals surface area contributed by atoms with Crippen LogP contribution in [0.25, 0.3) is 5.65 Å². The lowest BCUT2D eigenvalue weighted by atomic mass is 10.2. The number of nitrogens with one attached hydrogen (secondary N) is 1. The molecule has 2 aromatic heterocycles. The molecule has 154 valence electrons. The second kappa shape index (κ2) is 7.83. The number of rotatable bonds is 7. The van der Waals surface area contributed by atoms with E-state index in [-0.39, 0.29) is 22.9 Å². The van der Waals surface area contributed by atoms with Gasteiger partial charge >= 0.3 is 5.97 Å². The summed E-state index contributed by atoms with van der Waals surface area (Å²) in [6, 6.07) is 7.39. The maximum absolute atomic E-state index is 13.1. The number of ether oxygens (including phenoxy) is 4. The van der Waals surface area contributed by atoms with Crippen molar-refractivity contribution in [1.29, 1.82) is 0 Å². The number of hydrogen-bond acceptors (Lipinski definition) is 9. The van der Waals surface area contributed by atoms with Crippen LogP contribution in [0.5, 0.6) is 17.4 Å². The number of methoxy groups -OCH3 is 4. The van der Waals surface area contributed by atoms with Gasteiger partial charge in [-0.05, 0) is 18.2 Å². The summed E-state index contributed by atoms with van der Waals surface area (Å²) in [7, 11) is 0.985. The number of esters is 1. The number of pyridine rings is 1. The fraction of sp³-hybridized carbons (Fsp3) is 0.235. The van der Waals surface area contributed by atoms with Crippen molar-refractivity contribution in [2.24, 2.45) is 0 Å². The molecule has 0 atom stereocenters. The van der Waals surface area contributed by atoms with Gasteiger partial charge in [0.2, 0.25) is 11.5 Å². The highest BCUT2D eigenvalue weighted by molar-refractivity contribution is 7.92. The number of nitrogens with zero attached hydrogens (tertiary/aromatic N) is 3. The minimum Gasteiger partial charge on any atom is -0.495 e. The van der Waals surface area contributed by atoms with Gasteiger partial charge in [-0.25, -0.2) is 17.9 Å². The monoisotopic (exact) mass is 422 g/mol. The summed E-state index contributed by atoms with van der Waals surface area (Å²) in [6.07, 6.45) is 0. The summed E-state index contributed by atoms with van der Waals surface area (Å²) in [5.41, 5.74) is 0.0380. The Balaban J connectivity index is 2.13. The molecule has 2 heterocycles. The molecule has 0 bridgehead atoms. The van der Waals surface area contributed by atoms with Gasteiger partial charge in [0.05, 0.1) is 34.0 Å². The molecular formula is C17H18N4O7S. The number of aromatic nitrogens is 3. The van der Waals surface area contributed by atoms with E-state index in [2.05, 4.69) is 19.5 Å². The van der Waals surface area contributed by atoms with Crippen LogP contribution in [0.2, 0.25) is 0 Å². The number of carbonyl (C=O) groups excluding carboxylic acids is 1. The second-order valence-electron chi connectivity index (χ2n) is 5.55. The van der Waals surface area contributed by atoms with Gasteiger partial charge in [0.25, 0.3) is 16.0 Å². The molecule has 0 saturated heterocycles. The predicted molar refractivity (Wildman–Crippen MR) is 101 cm³/mol. The van der Waals surface area contributed by atoms with E-state index >= 15 is 0 Å². The zero-order valence-electron chi connectivity index (χ0n) is 16.0. The second-order valence-corrected chi connectivity index (χ2v) is 7.17. The number of benzene rings is 1. The average Bonchev–Trinajstić information content (AvgIpc) is 3.14. The van der Waals surface area contributed by atoms with Crippen molar-refractivity contribution in [2.75, 3.05) is 33.2 Å². The normalized spacial score (nSPS) is 11.2. The molecule has 0 spiro atoms. The van der Waals surface area contributed by atoms with Crippen molar-refractivity contribution in [3.8, 4) is 17.4 Å². The first-order valence-electron chi connectivity index (χ1n) is 8.12. The van der Waals surface area contributed by atoms with Crippen LogP contribution in [-0.4, -0.2) is 57.4 Å². The molecule has 29 heavy (non-hydrogen) atoms. The fourth-order valence-electron chi connectivity index (χ4n) is 2.67. The van der Waals surface area contributed by atoms with Crippen LogP contribution in [-0.2, 0) is 14.8 Å². The number of sulfonamides is 1. The Labute approximate surface area is 166 Å². The van der Waals surface area contributed by atoms with Gasteiger partial charge in [0.15, 0.2) is 5.75 Å². The summed E-state index contributed by atoms with van der Waals surface area (Å²) >= 11 is 0. The van der Waals surface area contributed by atoms with E-state index in [1.165, 1.54) is 44.0 Å². The molecule has 3 rings (SSSR count). The molecule has 1 aromatic carbocycles. The van der Waals surface area contributed by atoms with Gasteiger partial charge in [0, 0.05) is 6.07 Å². The number of anilines is 1. The van der Waals surface area contributed by atoms with Gasteiger partial charge in [0.1, 0.15) is 10.6 Å². The molecule has 3 aromatic rings. The van der Waals surface area contributed by atoms with Gasteiger partial charge in [-0.2, -0.15) is 9.50 Å². The molecule has 0 unspecified atom stereocenters. The van der Waals surface area contributed by atoms with Crippen LogP contribution < -0.4 is 18.9 Å². The van der Waals surface area contributed by atoms with Crippen molar-refractivity contribution in [3.05, 3.63) is 35.9 Å². The van der Waals surface area contributed by atoms with Crippen molar-refractivity contribution in [2.45, 2.75) is 4.90 Å². The Bertz CT molecular complexity index is 1130. The zero-order chi connectivity index (χ0) is 21.2. The molecule has 0 fully saturated rings. The molecule has 1 N–H and O–H groups in total. The zero-order valence-corrected chi connectivity index (χ0v) is 16.8. The molecule has 0 aliphatic heterocycles. The fourth-order valence-corrected chi connectivity index (χ4v) is 3.96. The summed E-state index contributed by atoms with van der Waals surface area (Å²) in [5.74, 6) is -0.466. The van der Waals surface area contributed by atoms with Gasteiger partial charge < -0.3 is 18.9 Å². The summed E-state index contributed by atoms with van der Waals surface area (Å²) in [5, 5.41) is 4.11. The summed E-state index contributed by atoms with van der Waals surface area (Å²) in [6.45, 7) is 0. The lowest BCUT2D eigenvalue weighted by molar-refractivity contribution is 0.0595. The molecule has 0 aliphatic rings. The highest BCUT2D eigenvalue weighted by atomic mass is 32.2. The lowest BCUT2D eigenvalue weighted by Crippen LogP contribution is -2.19. The van der Waals surface area contributed by atoms with Crippen LogP contribution in [0.1, 0.15) is 10.4 Å². The molecular weight excluding hydrogens is 404 g/mol. The largest absolute Gasteiger partial charge is 0.495 e. The molecule has 11 nitrogen and oxygen atoms in total. The Morgan fingerprint density at radius 2 is 1.72 bits per heavy atom. The summed E-state index contributed by atoms with van der Waals surface area (Å²) < 4.78 is 49.9. The highest BCUT2D eigenvalue weighted by Crippen LogP contribution is 2.30. The van der Waals surface area contributed by atoms with E-state index in [0.29, 0.717) is 11.6 Å². The first kappa shape index (κ1) is 20.2. The number of fused-ring (bicyclic) bond motifs is 1. The van der Waals surface area contributed by atoms with Crippen LogP contribution in [0.4, 0.5) is 5.95 Å². The molecule has 12 heteroatoms. The van der Waals surface area contributed by atoms with E-state index in [0.717, 1.165) is 7.11 Å².